The molecule has 1 aromatic carbocycles. The molecule has 0 aliphatic rings. The van der Waals surface area contributed by atoms with Crippen molar-refractivity contribution < 1.29 is 4.74 Å². The lowest BCUT2D eigenvalue weighted by Crippen LogP contribution is -2.29. The van der Waals surface area contributed by atoms with Crippen LogP contribution < -0.4 is 10.5 Å². The maximum absolute atomic E-state index is 5.78. The summed E-state index contributed by atoms with van der Waals surface area (Å²) in [6, 6.07) is 6.09. The van der Waals surface area contributed by atoms with E-state index in [1.807, 2.05) is 18.3 Å². The normalized spacial score (nSPS) is 11.6. The van der Waals surface area contributed by atoms with Crippen molar-refractivity contribution in [1.29, 1.82) is 0 Å². The molecule has 0 aliphatic heterocycles. The van der Waals surface area contributed by atoms with Crippen LogP contribution in [0.3, 0.4) is 0 Å². The highest BCUT2D eigenvalue weighted by molar-refractivity contribution is 5.67. The Morgan fingerprint density at radius 3 is 2.74 bits per heavy atom. The van der Waals surface area contributed by atoms with Crippen molar-refractivity contribution in [2.24, 2.45) is 5.73 Å². The summed E-state index contributed by atoms with van der Waals surface area (Å²) in [5.74, 6) is 1.74. The van der Waals surface area contributed by atoms with Gasteiger partial charge in [-0.1, -0.05) is 25.5 Å². The lowest BCUT2D eigenvalue weighted by atomic mass is 9.93. The molecule has 0 spiro atoms. The summed E-state index contributed by atoms with van der Waals surface area (Å²) >= 11 is 0. The number of H-pyrrole nitrogens is 1. The van der Waals surface area contributed by atoms with Crippen LogP contribution in [-0.4, -0.2) is 23.6 Å². The molecule has 3 N–H and O–H groups in total. The van der Waals surface area contributed by atoms with Crippen LogP contribution in [0.4, 0.5) is 0 Å². The molecule has 0 unspecified atom stereocenters. The van der Waals surface area contributed by atoms with Crippen LogP contribution in [0.2, 0.25) is 0 Å². The molecule has 0 saturated carbocycles. The van der Waals surface area contributed by atoms with E-state index in [0.29, 0.717) is 6.54 Å². The second kappa shape index (κ2) is 5.05. The lowest BCUT2D eigenvalue weighted by Gasteiger charge is -2.19. The number of ether oxygens (including phenoxy) is 1. The van der Waals surface area contributed by atoms with Crippen molar-refractivity contribution in [2.75, 3.05) is 13.7 Å². The number of nitrogens with zero attached hydrogens (tertiary/aromatic N) is 1. The van der Waals surface area contributed by atoms with Crippen molar-refractivity contribution >= 4 is 0 Å². The fourth-order valence-electron chi connectivity index (χ4n) is 1.93. The van der Waals surface area contributed by atoms with Crippen molar-refractivity contribution in [1.82, 2.24) is 9.97 Å². The van der Waals surface area contributed by atoms with Gasteiger partial charge in [0, 0.05) is 17.5 Å². The second-order valence-electron chi connectivity index (χ2n) is 5.44. The number of aromatic nitrogens is 2. The molecule has 0 fully saturated rings. The Hall–Kier alpha value is -1.81. The van der Waals surface area contributed by atoms with Gasteiger partial charge in [0.15, 0.2) is 0 Å². The van der Waals surface area contributed by atoms with Crippen LogP contribution in [-0.2, 0) is 5.41 Å². The van der Waals surface area contributed by atoms with Gasteiger partial charge in [0.25, 0.3) is 0 Å². The van der Waals surface area contributed by atoms with Gasteiger partial charge >= 0.3 is 0 Å². The third-order valence-corrected chi connectivity index (χ3v) is 3.37. The highest BCUT2D eigenvalue weighted by atomic mass is 16.5. The molecule has 0 amide bonds. The number of rotatable bonds is 4. The highest BCUT2D eigenvalue weighted by Crippen LogP contribution is 2.31. The molecule has 0 atom stereocenters. The fraction of sp³-hybridized carbons (Fsp3) is 0.400. The van der Waals surface area contributed by atoms with Gasteiger partial charge in [-0.2, -0.15) is 0 Å². The van der Waals surface area contributed by atoms with E-state index >= 15 is 0 Å². The molecule has 2 rings (SSSR count). The molecule has 0 saturated heterocycles. The lowest BCUT2D eigenvalue weighted by molar-refractivity contribution is 0.416. The average molecular weight is 259 g/mol. The molecule has 102 valence electrons. The van der Waals surface area contributed by atoms with Crippen molar-refractivity contribution in [3.05, 3.63) is 35.8 Å². The van der Waals surface area contributed by atoms with E-state index in [2.05, 4.69) is 36.8 Å². The van der Waals surface area contributed by atoms with Gasteiger partial charge in [-0.05, 0) is 19.1 Å². The predicted molar refractivity (Wildman–Crippen MR) is 77.4 cm³/mol. The van der Waals surface area contributed by atoms with E-state index in [4.69, 9.17) is 10.5 Å². The number of methoxy groups -OCH3 is 1. The number of aryl methyl sites for hydroxylation is 1. The number of hydrogen-bond acceptors (Lipinski definition) is 3. The summed E-state index contributed by atoms with van der Waals surface area (Å²) in [6.45, 7) is 6.75. The minimum Gasteiger partial charge on any atom is -0.496 e. The van der Waals surface area contributed by atoms with E-state index in [1.165, 1.54) is 5.56 Å². The highest BCUT2D eigenvalue weighted by Gasteiger charge is 2.22. The van der Waals surface area contributed by atoms with Crippen molar-refractivity contribution in [2.45, 2.75) is 26.2 Å². The molecule has 4 heteroatoms. The van der Waals surface area contributed by atoms with Gasteiger partial charge in [0.1, 0.15) is 11.6 Å². The van der Waals surface area contributed by atoms with Crippen LogP contribution in [0.25, 0.3) is 11.3 Å². The summed E-state index contributed by atoms with van der Waals surface area (Å²) in [7, 11) is 1.68. The number of nitrogens with two attached hydrogens (primary N) is 1. The van der Waals surface area contributed by atoms with Gasteiger partial charge in [-0.15, -0.1) is 0 Å². The third kappa shape index (κ3) is 2.63. The van der Waals surface area contributed by atoms with E-state index in [-0.39, 0.29) is 5.41 Å². The summed E-state index contributed by atoms with van der Waals surface area (Å²) in [5, 5.41) is 0. The minimum atomic E-state index is -0.157. The molecule has 0 bridgehead atoms. The van der Waals surface area contributed by atoms with E-state index < -0.39 is 0 Å². The summed E-state index contributed by atoms with van der Waals surface area (Å²) in [4.78, 5) is 7.80. The van der Waals surface area contributed by atoms with Crippen molar-refractivity contribution in [3.63, 3.8) is 0 Å². The molecule has 19 heavy (non-hydrogen) atoms. The van der Waals surface area contributed by atoms with Crippen LogP contribution in [0.15, 0.2) is 24.4 Å². The van der Waals surface area contributed by atoms with E-state index in [0.717, 1.165) is 22.8 Å². The zero-order chi connectivity index (χ0) is 14.0. The quantitative estimate of drug-likeness (QED) is 0.887. The van der Waals surface area contributed by atoms with Crippen LogP contribution in [0, 0.1) is 6.92 Å². The van der Waals surface area contributed by atoms with Crippen LogP contribution in [0.5, 0.6) is 5.75 Å². The van der Waals surface area contributed by atoms with Gasteiger partial charge in [-0.3, -0.25) is 0 Å². The Balaban J connectivity index is 2.46. The molecular formula is C15H21N3O. The molecule has 1 heterocycles. The van der Waals surface area contributed by atoms with Gasteiger partial charge in [0.05, 0.1) is 19.0 Å². The first-order valence-corrected chi connectivity index (χ1v) is 6.38. The SMILES string of the molecule is COc1ccc(C)cc1-c1cnc(C(C)(C)CN)[nH]1. The Bertz CT molecular complexity index is 573. The first kappa shape index (κ1) is 13.6. The summed E-state index contributed by atoms with van der Waals surface area (Å²) < 4.78 is 5.40. The fourth-order valence-corrected chi connectivity index (χ4v) is 1.93. The average Bonchev–Trinajstić information content (AvgIpc) is 2.89. The van der Waals surface area contributed by atoms with Gasteiger partial charge in [0.2, 0.25) is 0 Å². The zero-order valence-corrected chi connectivity index (χ0v) is 11.9. The van der Waals surface area contributed by atoms with E-state index in [9.17, 15) is 0 Å². The monoisotopic (exact) mass is 259 g/mol. The minimum absolute atomic E-state index is 0.157. The van der Waals surface area contributed by atoms with Gasteiger partial charge in [-0.25, -0.2) is 4.98 Å². The number of nitrogens with one attached hydrogen (secondary N) is 1. The largest absolute Gasteiger partial charge is 0.496 e. The second-order valence-corrected chi connectivity index (χ2v) is 5.44. The molecule has 0 aliphatic carbocycles. The topological polar surface area (TPSA) is 63.9 Å². The predicted octanol–water partition coefficient (Wildman–Crippen LogP) is 2.63. The van der Waals surface area contributed by atoms with E-state index in [1.54, 1.807) is 7.11 Å². The molecule has 1 aromatic heterocycles. The third-order valence-electron chi connectivity index (χ3n) is 3.37. The number of aromatic amines is 1. The molecule has 0 radical (unpaired) electrons. The first-order valence-electron chi connectivity index (χ1n) is 6.38. The van der Waals surface area contributed by atoms with Crippen LogP contribution in [0.1, 0.15) is 25.2 Å². The molecular weight excluding hydrogens is 238 g/mol. The molecule has 4 nitrogen and oxygen atoms in total. The summed E-state index contributed by atoms with van der Waals surface area (Å²) in [5.41, 5.74) is 8.79. The number of benzene rings is 1. The van der Waals surface area contributed by atoms with Crippen LogP contribution >= 0.6 is 0 Å². The first-order chi connectivity index (χ1) is 8.97. The Kier molecular flexibility index (Phi) is 3.62. The molecule has 2 aromatic rings. The smallest absolute Gasteiger partial charge is 0.128 e. The number of hydrogen-bond donors (Lipinski definition) is 2. The summed E-state index contributed by atoms with van der Waals surface area (Å²) in [6.07, 6.45) is 1.84. The van der Waals surface area contributed by atoms with Crippen molar-refractivity contribution in [3.8, 4) is 17.0 Å². The Labute approximate surface area is 114 Å². The Morgan fingerprint density at radius 1 is 1.37 bits per heavy atom. The number of imidazole rings is 1. The maximum atomic E-state index is 5.78. The van der Waals surface area contributed by atoms with Gasteiger partial charge < -0.3 is 15.5 Å². The maximum Gasteiger partial charge on any atom is 0.128 e. The zero-order valence-electron chi connectivity index (χ0n) is 11.9. The standard InChI is InChI=1S/C15H21N3O/c1-10-5-6-13(19-4)11(7-10)12-8-17-14(18-12)15(2,3)9-16/h5-8H,9,16H2,1-4H3,(H,17,18). The Morgan fingerprint density at radius 2 is 2.11 bits per heavy atom.